The molecule has 28 heavy (non-hydrogen) atoms. The van der Waals surface area contributed by atoms with E-state index in [9.17, 15) is 0 Å². The Morgan fingerprint density at radius 1 is 0.964 bits per heavy atom. The maximum atomic E-state index is 6.22. The van der Waals surface area contributed by atoms with Crippen LogP contribution in [0.25, 0.3) is 22.0 Å². The van der Waals surface area contributed by atoms with Crippen molar-refractivity contribution in [3.63, 3.8) is 0 Å². The molecule has 0 N–H and O–H groups in total. The third-order valence-corrected chi connectivity index (χ3v) is 5.78. The second-order valence-corrected chi connectivity index (χ2v) is 7.96. The minimum atomic E-state index is 0.341. The molecule has 0 aliphatic carbocycles. The van der Waals surface area contributed by atoms with Crippen LogP contribution in [0.4, 0.5) is 0 Å². The molecule has 4 heteroatoms. The van der Waals surface area contributed by atoms with Crippen molar-refractivity contribution in [1.29, 1.82) is 0 Å². The largest absolute Gasteiger partial charge is 0.301 e. The minimum Gasteiger partial charge on any atom is -0.301 e. The minimum absolute atomic E-state index is 0.341. The van der Waals surface area contributed by atoms with Crippen LogP contribution in [0.5, 0.6) is 0 Å². The molecule has 3 nitrogen and oxygen atoms in total. The number of hydrogen-bond donors (Lipinski definition) is 0. The van der Waals surface area contributed by atoms with Crippen LogP contribution in [0.1, 0.15) is 22.6 Å². The zero-order valence-electron chi connectivity index (χ0n) is 15.6. The van der Waals surface area contributed by atoms with Crippen molar-refractivity contribution in [1.82, 2.24) is 15.1 Å². The molecule has 0 fully saturated rings. The number of nitrogens with zero attached hydrogens (tertiary/aromatic N) is 3. The summed E-state index contributed by atoms with van der Waals surface area (Å²) in [6.45, 7) is 1.95. The highest BCUT2D eigenvalue weighted by molar-refractivity contribution is 6.31. The molecule has 1 aromatic heterocycles. The fraction of sp³-hybridized carbons (Fsp3) is 0.167. The topological polar surface area (TPSA) is 29.0 Å². The van der Waals surface area contributed by atoms with Crippen LogP contribution >= 0.6 is 11.6 Å². The number of halogens is 1. The number of hydrogen-bond acceptors (Lipinski definition) is 3. The van der Waals surface area contributed by atoms with Crippen LogP contribution in [-0.2, 0) is 6.54 Å². The van der Waals surface area contributed by atoms with Crippen LogP contribution in [-0.4, -0.2) is 28.7 Å². The molecule has 0 saturated carbocycles. The van der Waals surface area contributed by atoms with Gasteiger partial charge < -0.3 is 4.90 Å². The van der Waals surface area contributed by atoms with E-state index >= 15 is 0 Å². The van der Waals surface area contributed by atoms with Gasteiger partial charge >= 0.3 is 0 Å². The van der Waals surface area contributed by atoms with Crippen molar-refractivity contribution < 1.29 is 0 Å². The lowest BCUT2D eigenvalue weighted by molar-refractivity contribution is 0.295. The summed E-state index contributed by atoms with van der Waals surface area (Å²) >= 11 is 6.22. The quantitative estimate of drug-likeness (QED) is 0.454. The van der Waals surface area contributed by atoms with Gasteiger partial charge in [-0.1, -0.05) is 48.0 Å². The van der Waals surface area contributed by atoms with Crippen LogP contribution in [0.2, 0.25) is 5.02 Å². The zero-order valence-corrected chi connectivity index (χ0v) is 16.4. The van der Waals surface area contributed by atoms with E-state index in [0.717, 1.165) is 29.4 Å². The van der Waals surface area contributed by atoms with Crippen molar-refractivity contribution in [2.45, 2.75) is 12.5 Å². The van der Waals surface area contributed by atoms with E-state index in [2.05, 4.69) is 64.6 Å². The molecule has 0 saturated heterocycles. The Bertz CT molecular complexity index is 1160. The maximum absolute atomic E-state index is 6.22. The maximum Gasteiger partial charge on any atom is 0.0929 e. The third kappa shape index (κ3) is 3.17. The van der Waals surface area contributed by atoms with Crippen molar-refractivity contribution in [3.05, 3.63) is 94.6 Å². The van der Waals surface area contributed by atoms with Crippen molar-refractivity contribution in [3.8, 4) is 11.3 Å². The van der Waals surface area contributed by atoms with Crippen molar-refractivity contribution in [2.24, 2.45) is 0 Å². The Labute approximate surface area is 169 Å². The van der Waals surface area contributed by atoms with E-state index in [1.165, 1.54) is 27.5 Å². The van der Waals surface area contributed by atoms with E-state index in [4.69, 9.17) is 11.6 Å². The van der Waals surface area contributed by atoms with Crippen LogP contribution < -0.4 is 0 Å². The molecule has 1 atom stereocenters. The second-order valence-electron chi connectivity index (χ2n) is 7.52. The Morgan fingerprint density at radius 3 is 2.71 bits per heavy atom. The molecule has 3 aromatic carbocycles. The predicted octanol–water partition coefficient (Wildman–Crippen LogP) is 5.53. The van der Waals surface area contributed by atoms with Crippen molar-refractivity contribution >= 4 is 22.4 Å². The molecule has 0 spiro atoms. The predicted molar refractivity (Wildman–Crippen MR) is 115 cm³/mol. The van der Waals surface area contributed by atoms with E-state index in [1.807, 2.05) is 24.3 Å². The molecule has 0 amide bonds. The van der Waals surface area contributed by atoms with Gasteiger partial charge in [0.15, 0.2) is 0 Å². The first kappa shape index (κ1) is 17.4. The first-order valence-electron chi connectivity index (χ1n) is 9.46. The smallest absolute Gasteiger partial charge is 0.0929 e. The summed E-state index contributed by atoms with van der Waals surface area (Å²) in [7, 11) is 2.18. The molecule has 0 radical (unpaired) electrons. The second kappa shape index (κ2) is 7.01. The summed E-state index contributed by atoms with van der Waals surface area (Å²) in [4.78, 5) is 2.38. The van der Waals surface area contributed by atoms with E-state index in [1.54, 1.807) is 6.20 Å². The zero-order chi connectivity index (χ0) is 19.1. The van der Waals surface area contributed by atoms with Gasteiger partial charge in [0.1, 0.15) is 0 Å². The SMILES string of the molecule is CN1Cc2cc(-c3cccnn3)ccc2C(c2ccc3ccc(Cl)cc3c2)C1. The molecule has 1 aliphatic heterocycles. The average Bonchev–Trinajstić information content (AvgIpc) is 2.72. The monoisotopic (exact) mass is 385 g/mol. The number of rotatable bonds is 2. The van der Waals surface area contributed by atoms with Gasteiger partial charge in [0.05, 0.1) is 5.69 Å². The van der Waals surface area contributed by atoms with Crippen LogP contribution in [0.3, 0.4) is 0 Å². The highest BCUT2D eigenvalue weighted by atomic mass is 35.5. The summed E-state index contributed by atoms with van der Waals surface area (Å²) in [5.74, 6) is 0.341. The normalized spacial score (nSPS) is 16.9. The van der Waals surface area contributed by atoms with Crippen LogP contribution in [0, 0.1) is 0 Å². The number of benzene rings is 3. The Balaban J connectivity index is 1.59. The molecule has 138 valence electrons. The van der Waals surface area contributed by atoms with Gasteiger partial charge in [-0.15, -0.1) is 0 Å². The molecular formula is C24H20ClN3. The van der Waals surface area contributed by atoms with Gasteiger partial charge in [-0.3, -0.25) is 0 Å². The average molecular weight is 386 g/mol. The van der Waals surface area contributed by atoms with Gasteiger partial charge in [0.25, 0.3) is 0 Å². The summed E-state index contributed by atoms with van der Waals surface area (Å²) in [5, 5.41) is 11.5. The highest BCUT2D eigenvalue weighted by Crippen LogP contribution is 2.36. The third-order valence-electron chi connectivity index (χ3n) is 5.55. The molecule has 4 aromatic rings. The Morgan fingerprint density at radius 2 is 1.86 bits per heavy atom. The summed E-state index contributed by atoms with van der Waals surface area (Å²) in [6, 6.07) is 23.4. The van der Waals surface area contributed by atoms with Crippen molar-refractivity contribution in [2.75, 3.05) is 13.6 Å². The summed E-state index contributed by atoms with van der Waals surface area (Å²) in [5.41, 5.74) is 6.11. The summed E-state index contributed by atoms with van der Waals surface area (Å²) < 4.78 is 0. The fourth-order valence-corrected chi connectivity index (χ4v) is 4.38. The highest BCUT2D eigenvalue weighted by Gasteiger charge is 2.25. The first-order valence-corrected chi connectivity index (χ1v) is 9.84. The summed E-state index contributed by atoms with van der Waals surface area (Å²) in [6.07, 6.45) is 1.71. The fourth-order valence-electron chi connectivity index (χ4n) is 4.20. The van der Waals surface area contributed by atoms with Gasteiger partial charge in [-0.25, -0.2) is 0 Å². The number of aromatic nitrogens is 2. The van der Waals surface area contributed by atoms with Gasteiger partial charge in [0, 0.05) is 35.8 Å². The lowest BCUT2D eigenvalue weighted by Gasteiger charge is -2.33. The lowest BCUT2D eigenvalue weighted by Crippen LogP contribution is -2.31. The standard InChI is InChI=1S/C24H20ClN3/c1-28-14-20-12-18(24-3-2-10-26-27-24)7-9-22(20)23(15-28)17-5-4-16-6-8-21(25)13-19(16)11-17/h2-13,23H,14-15H2,1H3. The number of fused-ring (bicyclic) bond motifs is 2. The molecular weight excluding hydrogens is 366 g/mol. The first-order chi connectivity index (χ1) is 13.7. The van der Waals surface area contributed by atoms with Gasteiger partial charge in [-0.05, 0) is 64.8 Å². The van der Waals surface area contributed by atoms with E-state index < -0.39 is 0 Å². The molecule has 5 rings (SSSR count). The lowest BCUT2D eigenvalue weighted by atomic mass is 9.83. The Kier molecular flexibility index (Phi) is 4.34. The molecule has 0 bridgehead atoms. The molecule has 1 aliphatic rings. The van der Waals surface area contributed by atoms with Crippen LogP contribution in [0.15, 0.2) is 72.9 Å². The van der Waals surface area contributed by atoms with E-state index in [-0.39, 0.29) is 0 Å². The molecule has 1 unspecified atom stereocenters. The number of likely N-dealkylation sites (N-methyl/N-ethyl adjacent to an activating group) is 1. The molecule has 2 heterocycles. The van der Waals surface area contributed by atoms with E-state index in [0.29, 0.717) is 5.92 Å². The van der Waals surface area contributed by atoms with Gasteiger partial charge in [0.2, 0.25) is 0 Å². The van der Waals surface area contributed by atoms with Gasteiger partial charge in [-0.2, -0.15) is 10.2 Å². The Hall–Kier alpha value is -2.75.